The van der Waals surface area contributed by atoms with Gasteiger partial charge < -0.3 is 10.2 Å². The second-order valence-electron chi connectivity index (χ2n) is 8.94. The lowest BCUT2D eigenvalue weighted by molar-refractivity contribution is -0.137. The monoisotopic (exact) mass is 558 g/mol. The topological polar surface area (TPSA) is 82.6 Å². The number of halogens is 4. The van der Waals surface area contributed by atoms with Gasteiger partial charge in [0, 0.05) is 54.7 Å². The highest BCUT2D eigenvalue weighted by atomic mass is 32.2. The number of aromatic nitrogens is 1. The van der Waals surface area contributed by atoms with Gasteiger partial charge in [-0.2, -0.15) is 17.5 Å². The fourth-order valence-corrected chi connectivity index (χ4v) is 5.83. The van der Waals surface area contributed by atoms with Gasteiger partial charge in [0.25, 0.3) is 5.91 Å². The molecule has 202 valence electrons. The minimum atomic E-state index is -4.47. The summed E-state index contributed by atoms with van der Waals surface area (Å²) < 4.78 is 79.5. The third-order valence-electron chi connectivity index (χ3n) is 6.44. The first kappa shape index (κ1) is 26.6. The first-order valence-corrected chi connectivity index (χ1v) is 13.3. The smallest absolute Gasteiger partial charge is 0.355 e. The highest BCUT2D eigenvalue weighted by molar-refractivity contribution is 7.89. The van der Waals surface area contributed by atoms with E-state index in [1.165, 1.54) is 34.8 Å². The van der Waals surface area contributed by atoms with Gasteiger partial charge in [0.2, 0.25) is 10.0 Å². The third-order valence-corrected chi connectivity index (χ3v) is 8.34. The Bertz CT molecular complexity index is 1640. The molecule has 1 saturated heterocycles. The second-order valence-corrected chi connectivity index (χ2v) is 10.9. The molecule has 39 heavy (non-hydrogen) atoms. The minimum Gasteiger partial charge on any atom is -0.355 e. The molecular weight excluding hydrogens is 536 g/mol. The molecule has 12 heteroatoms. The summed E-state index contributed by atoms with van der Waals surface area (Å²) in [5.41, 5.74) is 0.986. The van der Waals surface area contributed by atoms with Gasteiger partial charge in [0.1, 0.15) is 5.82 Å². The maximum Gasteiger partial charge on any atom is 0.416 e. The van der Waals surface area contributed by atoms with Crippen molar-refractivity contribution in [2.75, 3.05) is 31.5 Å². The quantitative estimate of drug-likeness (QED) is 0.337. The Morgan fingerprint density at radius 2 is 1.62 bits per heavy atom. The molecule has 0 spiro atoms. The van der Waals surface area contributed by atoms with Crippen LogP contribution in [0.2, 0.25) is 0 Å². The summed E-state index contributed by atoms with van der Waals surface area (Å²) in [5.74, 6) is -0.908. The average molecular weight is 559 g/mol. The number of carbonyl (C=O) groups excluding carboxylic acids is 1. The van der Waals surface area contributed by atoms with Gasteiger partial charge in [-0.15, -0.1) is 0 Å². The van der Waals surface area contributed by atoms with Crippen LogP contribution in [-0.4, -0.2) is 54.7 Å². The molecule has 4 aromatic rings. The molecule has 5 rings (SSSR count). The number of sulfonamides is 1. The number of hydrogen-bond donors (Lipinski definition) is 1. The van der Waals surface area contributed by atoms with Gasteiger partial charge in [0.05, 0.1) is 16.0 Å². The summed E-state index contributed by atoms with van der Waals surface area (Å²) in [6.45, 7) is 0.511. The van der Waals surface area contributed by atoms with E-state index in [-0.39, 0.29) is 42.5 Å². The van der Waals surface area contributed by atoms with Gasteiger partial charge in [-0.1, -0.05) is 12.1 Å². The molecule has 1 amide bonds. The number of carbonyl (C=O) groups is 1. The summed E-state index contributed by atoms with van der Waals surface area (Å²) in [6, 6.07) is 16.4. The lowest BCUT2D eigenvalue weighted by Gasteiger charge is -2.34. The SMILES string of the molecule is O=C(c1ccc(Nc2ccnc3cc(C(F)(F)F)ccc23)cc1)N1CCN(S(=O)(=O)c2cccc(F)c2)CC1. The largest absolute Gasteiger partial charge is 0.416 e. The molecule has 0 atom stereocenters. The third kappa shape index (κ3) is 5.57. The van der Waals surface area contributed by atoms with Crippen molar-refractivity contribution < 1.29 is 30.8 Å². The van der Waals surface area contributed by atoms with Gasteiger partial charge in [-0.05, 0) is 60.7 Å². The van der Waals surface area contributed by atoms with Crippen molar-refractivity contribution in [2.24, 2.45) is 0 Å². The van der Waals surface area contributed by atoms with Crippen molar-refractivity contribution in [3.63, 3.8) is 0 Å². The fourth-order valence-electron chi connectivity index (χ4n) is 4.38. The highest BCUT2D eigenvalue weighted by Crippen LogP contribution is 2.33. The van der Waals surface area contributed by atoms with Crippen LogP contribution >= 0.6 is 0 Å². The first-order chi connectivity index (χ1) is 18.5. The number of fused-ring (bicyclic) bond motifs is 1. The van der Waals surface area contributed by atoms with Gasteiger partial charge in [-0.3, -0.25) is 9.78 Å². The Labute approximate surface area is 221 Å². The molecule has 0 radical (unpaired) electrons. The standard InChI is InChI=1S/C27H22F4N4O3S/c28-20-2-1-3-22(17-20)39(37,38)35-14-12-34(13-15-35)26(36)18-4-7-21(8-5-18)33-24-10-11-32-25-16-19(27(29,30)31)6-9-23(24)25/h1-11,16-17H,12-15H2,(H,32,33). The van der Waals surface area contributed by atoms with Crippen LogP contribution in [0.1, 0.15) is 15.9 Å². The summed E-state index contributed by atoms with van der Waals surface area (Å²) in [5, 5.41) is 3.66. The average Bonchev–Trinajstić information content (AvgIpc) is 2.92. The van der Waals surface area contributed by atoms with E-state index in [0.29, 0.717) is 22.3 Å². The molecule has 0 unspecified atom stereocenters. The number of alkyl halides is 3. The molecule has 3 aromatic carbocycles. The minimum absolute atomic E-state index is 0.0788. The molecule has 0 aliphatic carbocycles. The number of amides is 1. The number of rotatable bonds is 5. The van der Waals surface area contributed by atoms with Gasteiger partial charge in [-0.25, -0.2) is 12.8 Å². The van der Waals surface area contributed by atoms with Gasteiger partial charge in [0.15, 0.2) is 0 Å². The molecule has 1 aliphatic heterocycles. The highest BCUT2D eigenvalue weighted by Gasteiger charge is 2.31. The zero-order valence-corrected chi connectivity index (χ0v) is 21.1. The normalized spacial score (nSPS) is 14.9. The van der Waals surface area contributed by atoms with Crippen LogP contribution in [0, 0.1) is 5.82 Å². The molecular formula is C27H22F4N4O3S. The number of hydrogen-bond acceptors (Lipinski definition) is 5. The van der Waals surface area contributed by atoms with Crippen LogP contribution < -0.4 is 5.32 Å². The first-order valence-electron chi connectivity index (χ1n) is 11.9. The van der Waals surface area contributed by atoms with E-state index in [4.69, 9.17) is 0 Å². The van der Waals surface area contributed by atoms with Crippen molar-refractivity contribution in [1.29, 1.82) is 0 Å². The molecule has 7 nitrogen and oxygen atoms in total. The predicted molar refractivity (Wildman–Crippen MR) is 138 cm³/mol. The van der Waals surface area contributed by atoms with Crippen LogP contribution in [-0.2, 0) is 16.2 Å². The van der Waals surface area contributed by atoms with E-state index >= 15 is 0 Å². The van der Waals surface area contributed by atoms with Crippen molar-refractivity contribution in [1.82, 2.24) is 14.2 Å². The molecule has 1 fully saturated rings. The molecule has 1 aromatic heterocycles. The molecule has 2 heterocycles. The lowest BCUT2D eigenvalue weighted by Crippen LogP contribution is -2.50. The Morgan fingerprint density at radius 1 is 0.897 bits per heavy atom. The van der Waals surface area contributed by atoms with E-state index < -0.39 is 27.6 Å². The summed E-state index contributed by atoms with van der Waals surface area (Å²) in [4.78, 5) is 18.5. The maximum atomic E-state index is 13.5. The van der Waals surface area contributed by atoms with Crippen LogP contribution in [0.25, 0.3) is 10.9 Å². The van der Waals surface area contributed by atoms with E-state index in [0.717, 1.165) is 18.2 Å². The number of anilines is 2. The lowest BCUT2D eigenvalue weighted by atomic mass is 10.1. The summed E-state index contributed by atoms with van der Waals surface area (Å²) >= 11 is 0. The molecule has 0 saturated carbocycles. The number of benzene rings is 3. The van der Waals surface area contributed by atoms with Crippen molar-refractivity contribution in [3.05, 3.63) is 95.9 Å². The van der Waals surface area contributed by atoms with Crippen LogP contribution in [0.4, 0.5) is 28.9 Å². The van der Waals surface area contributed by atoms with Crippen LogP contribution in [0.15, 0.2) is 83.9 Å². The van der Waals surface area contributed by atoms with E-state index in [2.05, 4.69) is 10.3 Å². The van der Waals surface area contributed by atoms with Crippen molar-refractivity contribution in [3.8, 4) is 0 Å². The number of piperazine rings is 1. The van der Waals surface area contributed by atoms with Crippen LogP contribution in [0.5, 0.6) is 0 Å². The Morgan fingerprint density at radius 3 is 2.28 bits per heavy atom. The molecule has 1 N–H and O–H groups in total. The van der Waals surface area contributed by atoms with E-state index in [1.807, 2.05) is 0 Å². The van der Waals surface area contributed by atoms with Gasteiger partial charge >= 0.3 is 6.18 Å². The van der Waals surface area contributed by atoms with E-state index in [1.54, 1.807) is 35.2 Å². The number of nitrogens with one attached hydrogen (secondary N) is 1. The molecule has 0 bridgehead atoms. The number of nitrogens with zero attached hydrogens (tertiary/aromatic N) is 3. The molecule has 1 aliphatic rings. The Hall–Kier alpha value is -4.03. The van der Waals surface area contributed by atoms with Crippen molar-refractivity contribution >= 4 is 38.2 Å². The Balaban J connectivity index is 1.24. The fraction of sp³-hybridized carbons (Fsp3) is 0.185. The Kier molecular flexibility index (Phi) is 7.00. The second kappa shape index (κ2) is 10.3. The zero-order chi connectivity index (χ0) is 27.8. The predicted octanol–water partition coefficient (Wildman–Crippen LogP) is 5.28. The summed E-state index contributed by atoms with van der Waals surface area (Å²) in [7, 11) is -3.87. The van der Waals surface area contributed by atoms with Crippen LogP contribution in [0.3, 0.4) is 0 Å². The van der Waals surface area contributed by atoms with E-state index in [9.17, 15) is 30.8 Å². The maximum absolute atomic E-state index is 13.5. The zero-order valence-electron chi connectivity index (χ0n) is 20.3. The van der Waals surface area contributed by atoms with Crippen molar-refractivity contribution in [2.45, 2.75) is 11.1 Å². The number of pyridine rings is 1. The summed E-state index contributed by atoms with van der Waals surface area (Å²) in [6.07, 6.45) is -3.05.